The number of hydrogen-bond acceptors (Lipinski definition) is 2. The van der Waals surface area contributed by atoms with Gasteiger partial charge < -0.3 is 0 Å². The van der Waals surface area contributed by atoms with E-state index in [9.17, 15) is 17.2 Å². The van der Waals surface area contributed by atoms with Crippen molar-refractivity contribution in [3.8, 4) is 11.1 Å². The van der Waals surface area contributed by atoms with Crippen molar-refractivity contribution in [3.05, 3.63) is 59.2 Å². The molecule has 2 aromatic carbocycles. The Labute approximate surface area is 108 Å². The molecule has 0 aliphatic heterocycles. The van der Waals surface area contributed by atoms with Gasteiger partial charge in [0.25, 0.3) is 0 Å². The van der Waals surface area contributed by atoms with Gasteiger partial charge in [-0.1, -0.05) is 12.1 Å². The van der Waals surface area contributed by atoms with E-state index >= 15 is 0 Å². The van der Waals surface area contributed by atoms with Crippen LogP contribution in [0.2, 0.25) is 0 Å². The topological polar surface area (TPSA) is 60.2 Å². The molecular weight excluding hydrogens is 272 g/mol. The molecule has 0 saturated heterocycles. The molecule has 0 bridgehead atoms. The van der Waals surface area contributed by atoms with Crippen molar-refractivity contribution >= 4 is 10.0 Å². The Hall–Kier alpha value is -1.79. The summed E-state index contributed by atoms with van der Waals surface area (Å²) in [6.45, 7) is 0. The van der Waals surface area contributed by atoms with Crippen molar-refractivity contribution in [2.75, 3.05) is 0 Å². The quantitative estimate of drug-likeness (QED) is 0.872. The van der Waals surface area contributed by atoms with Gasteiger partial charge in [-0.05, 0) is 46.5 Å². The summed E-state index contributed by atoms with van der Waals surface area (Å²) in [5, 5.41) is 3.98. The van der Waals surface area contributed by atoms with E-state index in [1.165, 1.54) is 24.3 Å². The number of fused-ring (bicyclic) bond motifs is 3. The van der Waals surface area contributed by atoms with Crippen LogP contribution in [0.4, 0.5) is 8.78 Å². The number of hydrogen-bond donors (Lipinski definition) is 1. The molecule has 2 aromatic rings. The molecule has 0 saturated carbocycles. The van der Waals surface area contributed by atoms with Gasteiger partial charge in [0.05, 0.1) is 0 Å². The zero-order valence-corrected chi connectivity index (χ0v) is 10.4. The number of rotatable bonds is 1. The van der Waals surface area contributed by atoms with Gasteiger partial charge in [-0.15, -0.1) is 0 Å². The van der Waals surface area contributed by atoms with E-state index in [1.807, 2.05) is 0 Å². The monoisotopic (exact) mass is 281 g/mol. The summed E-state index contributed by atoms with van der Waals surface area (Å²) in [6, 6.07) is 7.68. The van der Waals surface area contributed by atoms with Gasteiger partial charge in [-0.25, -0.2) is 22.3 Å². The Morgan fingerprint density at radius 3 is 1.68 bits per heavy atom. The Morgan fingerprint density at radius 2 is 1.32 bits per heavy atom. The summed E-state index contributed by atoms with van der Waals surface area (Å²) >= 11 is 0. The SMILES string of the molecule is NS(=O)(=O)C1c2cc(F)ccc2-c2ccc(F)cc21. The third-order valence-corrected chi connectivity index (χ3v) is 4.38. The predicted molar refractivity (Wildman–Crippen MR) is 66.7 cm³/mol. The number of benzene rings is 2. The third kappa shape index (κ3) is 1.84. The molecule has 0 fully saturated rings. The molecule has 6 heteroatoms. The fourth-order valence-corrected chi connectivity index (χ4v) is 3.61. The van der Waals surface area contributed by atoms with Crippen LogP contribution in [0.25, 0.3) is 11.1 Å². The Balaban J connectivity index is 2.39. The molecule has 0 spiro atoms. The minimum absolute atomic E-state index is 0.253. The van der Waals surface area contributed by atoms with Crippen LogP contribution in [0.3, 0.4) is 0 Å². The summed E-state index contributed by atoms with van der Waals surface area (Å²) in [7, 11) is -4.00. The smallest absolute Gasteiger partial charge is 0.220 e. The van der Waals surface area contributed by atoms with Crippen LogP contribution in [0, 0.1) is 11.6 Å². The summed E-state index contributed by atoms with van der Waals surface area (Å²) in [5.41, 5.74) is 1.64. The number of nitrogens with two attached hydrogens (primary N) is 1. The fourth-order valence-electron chi connectivity index (χ4n) is 2.51. The van der Waals surface area contributed by atoms with Crippen LogP contribution in [0.1, 0.15) is 16.4 Å². The van der Waals surface area contributed by atoms with Crippen LogP contribution in [0.15, 0.2) is 36.4 Å². The lowest BCUT2D eigenvalue weighted by Gasteiger charge is -2.10. The Bertz CT molecular complexity index is 736. The average molecular weight is 281 g/mol. The molecule has 1 aliphatic rings. The highest BCUT2D eigenvalue weighted by Crippen LogP contribution is 2.46. The third-order valence-electron chi connectivity index (χ3n) is 3.21. The van der Waals surface area contributed by atoms with Crippen molar-refractivity contribution in [3.63, 3.8) is 0 Å². The van der Waals surface area contributed by atoms with E-state index in [4.69, 9.17) is 5.14 Å². The van der Waals surface area contributed by atoms with Crippen LogP contribution in [-0.2, 0) is 10.0 Å². The van der Waals surface area contributed by atoms with Crippen LogP contribution >= 0.6 is 0 Å². The second kappa shape index (κ2) is 3.85. The number of sulfonamides is 1. The molecule has 0 heterocycles. The molecule has 0 aromatic heterocycles. The molecule has 19 heavy (non-hydrogen) atoms. The molecule has 0 unspecified atom stereocenters. The highest BCUT2D eigenvalue weighted by Gasteiger charge is 2.36. The van der Waals surface area contributed by atoms with Gasteiger partial charge in [0.15, 0.2) is 0 Å². The minimum atomic E-state index is -4.00. The lowest BCUT2D eigenvalue weighted by molar-refractivity contribution is 0.590. The first-order valence-electron chi connectivity index (χ1n) is 5.49. The minimum Gasteiger partial charge on any atom is -0.228 e. The fraction of sp³-hybridized carbons (Fsp3) is 0.0769. The van der Waals surface area contributed by atoms with Crippen LogP contribution in [0.5, 0.6) is 0 Å². The Kier molecular flexibility index (Phi) is 2.48. The van der Waals surface area contributed by atoms with Crippen LogP contribution in [-0.4, -0.2) is 8.42 Å². The van der Waals surface area contributed by atoms with Gasteiger partial charge in [-0.3, -0.25) is 0 Å². The van der Waals surface area contributed by atoms with Gasteiger partial charge in [0, 0.05) is 0 Å². The first-order chi connectivity index (χ1) is 8.88. The van der Waals surface area contributed by atoms with Crippen molar-refractivity contribution < 1.29 is 17.2 Å². The zero-order chi connectivity index (χ0) is 13.8. The molecule has 0 atom stereocenters. The van der Waals surface area contributed by atoms with Gasteiger partial charge in [0.2, 0.25) is 10.0 Å². The normalized spacial score (nSPS) is 14.3. The first kappa shape index (κ1) is 12.3. The van der Waals surface area contributed by atoms with Gasteiger partial charge in [-0.2, -0.15) is 0 Å². The number of halogens is 2. The molecule has 3 rings (SSSR count). The molecule has 3 nitrogen and oxygen atoms in total. The summed E-state index contributed by atoms with van der Waals surface area (Å²) in [4.78, 5) is 0. The van der Waals surface area contributed by atoms with E-state index in [0.29, 0.717) is 11.1 Å². The van der Waals surface area contributed by atoms with Gasteiger partial charge >= 0.3 is 0 Å². The largest absolute Gasteiger partial charge is 0.228 e. The molecule has 0 amide bonds. The molecule has 98 valence electrons. The van der Waals surface area contributed by atoms with Gasteiger partial charge in [0.1, 0.15) is 16.9 Å². The molecular formula is C13H9F2NO2S. The highest BCUT2D eigenvalue weighted by molar-refractivity contribution is 7.89. The predicted octanol–water partition coefficient (Wildman–Crippen LogP) is 2.32. The lowest BCUT2D eigenvalue weighted by atomic mass is 10.1. The summed E-state index contributed by atoms with van der Waals surface area (Å²) < 4.78 is 50.1. The van der Waals surface area contributed by atoms with Crippen molar-refractivity contribution in [1.82, 2.24) is 0 Å². The van der Waals surface area contributed by atoms with E-state index in [1.54, 1.807) is 0 Å². The van der Waals surface area contributed by atoms with Crippen molar-refractivity contribution in [2.24, 2.45) is 5.14 Å². The molecule has 2 N–H and O–H groups in total. The maximum Gasteiger partial charge on any atom is 0.220 e. The number of primary sulfonamides is 1. The van der Waals surface area contributed by atoms with Crippen molar-refractivity contribution in [1.29, 1.82) is 0 Å². The second-order valence-electron chi connectivity index (χ2n) is 4.43. The van der Waals surface area contributed by atoms with E-state index in [0.717, 1.165) is 12.1 Å². The van der Waals surface area contributed by atoms with E-state index in [-0.39, 0.29) is 11.1 Å². The van der Waals surface area contributed by atoms with E-state index in [2.05, 4.69) is 0 Å². The molecule has 1 aliphatic carbocycles. The maximum atomic E-state index is 13.3. The second-order valence-corrected chi connectivity index (χ2v) is 6.08. The zero-order valence-electron chi connectivity index (χ0n) is 9.60. The maximum absolute atomic E-state index is 13.3. The van der Waals surface area contributed by atoms with Crippen molar-refractivity contribution in [2.45, 2.75) is 5.25 Å². The average Bonchev–Trinajstić information content (AvgIpc) is 2.60. The lowest BCUT2D eigenvalue weighted by Crippen LogP contribution is -2.21. The molecule has 0 radical (unpaired) electrons. The Morgan fingerprint density at radius 1 is 0.895 bits per heavy atom. The summed E-state index contributed by atoms with van der Waals surface area (Å²) in [5.74, 6) is -1.11. The van der Waals surface area contributed by atoms with Crippen LogP contribution < -0.4 is 5.14 Å². The summed E-state index contributed by atoms with van der Waals surface area (Å²) in [6.07, 6.45) is 0. The standard InChI is InChI=1S/C13H9F2NO2S/c14-7-1-3-9-10-4-2-8(15)6-12(10)13(11(9)5-7)19(16,17)18/h1-6,13H,(H2,16,17,18). The first-order valence-corrected chi connectivity index (χ1v) is 7.10. The van der Waals surface area contributed by atoms with E-state index < -0.39 is 26.9 Å². The highest BCUT2D eigenvalue weighted by atomic mass is 32.2.